The standard InChI is InChI=1S/C12H9NO6/c1-16-7-2-3-8-11(18-5-17-8)10(7)6-4-9(12(14)15)19-13-6/h2-4H,5H2,1H3,(H,14,15). The number of hydrogen-bond donors (Lipinski definition) is 1. The molecule has 1 aliphatic heterocycles. The van der Waals surface area contributed by atoms with Gasteiger partial charge in [-0.25, -0.2) is 4.79 Å². The highest BCUT2D eigenvalue weighted by Crippen LogP contribution is 2.46. The number of aromatic carboxylic acids is 1. The number of ether oxygens (including phenoxy) is 3. The first-order valence-corrected chi connectivity index (χ1v) is 5.37. The van der Waals surface area contributed by atoms with Gasteiger partial charge in [0.25, 0.3) is 0 Å². The molecular weight excluding hydrogens is 254 g/mol. The third-order valence-electron chi connectivity index (χ3n) is 2.70. The molecule has 7 heteroatoms. The van der Waals surface area contributed by atoms with Gasteiger partial charge in [0, 0.05) is 6.07 Å². The summed E-state index contributed by atoms with van der Waals surface area (Å²) in [5.74, 6) is 0.0609. The monoisotopic (exact) mass is 263 g/mol. The minimum Gasteiger partial charge on any atom is -0.496 e. The summed E-state index contributed by atoms with van der Waals surface area (Å²) in [4.78, 5) is 10.8. The predicted molar refractivity (Wildman–Crippen MR) is 61.6 cm³/mol. The maximum absolute atomic E-state index is 10.8. The lowest BCUT2D eigenvalue weighted by Gasteiger charge is -2.08. The number of nitrogens with zero attached hydrogens (tertiary/aromatic N) is 1. The number of carboxylic acid groups (broad SMARTS) is 1. The summed E-state index contributed by atoms with van der Waals surface area (Å²) in [5, 5.41) is 12.6. The summed E-state index contributed by atoms with van der Waals surface area (Å²) in [6.45, 7) is 0.0964. The van der Waals surface area contributed by atoms with Crippen LogP contribution in [0.25, 0.3) is 11.3 Å². The molecule has 0 atom stereocenters. The summed E-state index contributed by atoms with van der Waals surface area (Å²) < 4.78 is 20.6. The van der Waals surface area contributed by atoms with Crippen LogP contribution in [0, 0.1) is 0 Å². The van der Waals surface area contributed by atoms with Gasteiger partial charge in [0.15, 0.2) is 11.5 Å². The summed E-state index contributed by atoms with van der Waals surface area (Å²) in [5.41, 5.74) is 0.824. The molecular formula is C12H9NO6. The lowest BCUT2D eigenvalue weighted by Crippen LogP contribution is -1.94. The Bertz CT molecular complexity index is 648. The predicted octanol–water partition coefficient (Wildman–Crippen LogP) is 1.78. The number of carboxylic acids is 1. The molecule has 2 heterocycles. The zero-order valence-electron chi connectivity index (χ0n) is 9.87. The number of carbonyl (C=O) groups is 1. The average Bonchev–Trinajstić information content (AvgIpc) is 3.06. The third-order valence-corrected chi connectivity index (χ3v) is 2.70. The van der Waals surface area contributed by atoms with E-state index in [-0.39, 0.29) is 12.6 Å². The molecule has 98 valence electrons. The van der Waals surface area contributed by atoms with E-state index in [2.05, 4.69) is 5.16 Å². The van der Waals surface area contributed by atoms with Crippen LogP contribution < -0.4 is 14.2 Å². The number of rotatable bonds is 3. The van der Waals surface area contributed by atoms with Gasteiger partial charge in [-0.2, -0.15) is 0 Å². The lowest BCUT2D eigenvalue weighted by molar-refractivity contribution is 0.0652. The van der Waals surface area contributed by atoms with Crippen molar-refractivity contribution in [1.29, 1.82) is 0 Å². The first-order chi connectivity index (χ1) is 9.20. The van der Waals surface area contributed by atoms with E-state index in [4.69, 9.17) is 23.8 Å². The van der Waals surface area contributed by atoms with Crippen molar-refractivity contribution in [2.75, 3.05) is 13.9 Å². The molecule has 3 rings (SSSR count). The number of benzene rings is 1. The van der Waals surface area contributed by atoms with Crippen molar-refractivity contribution < 1.29 is 28.6 Å². The molecule has 7 nitrogen and oxygen atoms in total. The van der Waals surface area contributed by atoms with Gasteiger partial charge in [-0.1, -0.05) is 5.16 Å². The van der Waals surface area contributed by atoms with Crippen molar-refractivity contribution in [3.05, 3.63) is 24.0 Å². The number of methoxy groups -OCH3 is 1. The normalized spacial score (nSPS) is 12.5. The van der Waals surface area contributed by atoms with Crippen LogP contribution in [0.5, 0.6) is 17.2 Å². The summed E-state index contributed by atoms with van der Waals surface area (Å²) in [6, 6.07) is 4.71. The molecule has 0 saturated heterocycles. The van der Waals surface area contributed by atoms with Gasteiger partial charge in [0.05, 0.1) is 12.7 Å². The van der Waals surface area contributed by atoms with Gasteiger partial charge >= 0.3 is 5.97 Å². The molecule has 0 saturated carbocycles. The van der Waals surface area contributed by atoms with Gasteiger partial charge in [-0.05, 0) is 12.1 Å². The average molecular weight is 263 g/mol. The Labute approximate surface area is 107 Å². The maximum atomic E-state index is 10.8. The number of fused-ring (bicyclic) bond motifs is 1. The van der Waals surface area contributed by atoms with Crippen LogP contribution in [-0.2, 0) is 0 Å². The fourth-order valence-electron chi connectivity index (χ4n) is 1.86. The molecule has 0 bridgehead atoms. The molecule has 2 aromatic rings. The van der Waals surface area contributed by atoms with Gasteiger partial charge in [0.1, 0.15) is 11.4 Å². The summed E-state index contributed by atoms with van der Waals surface area (Å²) in [7, 11) is 1.50. The molecule has 0 aliphatic carbocycles. The second kappa shape index (κ2) is 4.20. The maximum Gasteiger partial charge on any atom is 0.374 e. The van der Waals surface area contributed by atoms with E-state index >= 15 is 0 Å². The molecule has 1 aromatic heterocycles. The molecule has 0 unspecified atom stereocenters. The Hall–Kier alpha value is -2.70. The topological polar surface area (TPSA) is 91.0 Å². The van der Waals surface area contributed by atoms with Gasteiger partial charge in [0.2, 0.25) is 12.6 Å². The second-order valence-electron chi connectivity index (χ2n) is 3.76. The molecule has 0 amide bonds. The van der Waals surface area contributed by atoms with Crippen LogP contribution in [-0.4, -0.2) is 30.1 Å². The van der Waals surface area contributed by atoms with E-state index in [1.165, 1.54) is 13.2 Å². The first kappa shape index (κ1) is 11.4. The molecule has 0 radical (unpaired) electrons. The van der Waals surface area contributed by atoms with E-state index < -0.39 is 5.97 Å². The van der Waals surface area contributed by atoms with Gasteiger partial charge < -0.3 is 23.8 Å². The van der Waals surface area contributed by atoms with Crippen molar-refractivity contribution in [3.63, 3.8) is 0 Å². The van der Waals surface area contributed by atoms with E-state index in [1.54, 1.807) is 12.1 Å². The Balaban J connectivity index is 2.17. The van der Waals surface area contributed by atoms with Crippen LogP contribution in [0.15, 0.2) is 22.7 Å². The second-order valence-corrected chi connectivity index (χ2v) is 3.76. The number of hydrogen-bond acceptors (Lipinski definition) is 6. The Morgan fingerprint density at radius 1 is 1.42 bits per heavy atom. The van der Waals surface area contributed by atoms with Crippen LogP contribution in [0.3, 0.4) is 0 Å². The molecule has 0 spiro atoms. The molecule has 1 aliphatic rings. The zero-order chi connectivity index (χ0) is 13.4. The SMILES string of the molecule is COc1ccc2c(c1-c1cc(C(=O)O)on1)OCO2. The Morgan fingerprint density at radius 2 is 2.26 bits per heavy atom. The van der Waals surface area contributed by atoms with E-state index in [0.717, 1.165) is 0 Å². The third kappa shape index (κ3) is 1.75. The highest BCUT2D eigenvalue weighted by Gasteiger charge is 2.26. The van der Waals surface area contributed by atoms with Crippen LogP contribution >= 0.6 is 0 Å². The summed E-state index contributed by atoms with van der Waals surface area (Å²) in [6.07, 6.45) is 0. The highest BCUT2D eigenvalue weighted by atomic mass is 16.7. The zero-order valence-corrected chi connectivity index (χ0v) is 9.87. The van der Waals surface area contributed by atoms with Gasteiger partial charge in [-0.3, -0.25) is 0 Å². The molecule has 19 heavy (non-hydrogen) atoms. The van der Waals surface area contributed by atoms with Crippen molar-refractivity contribution in [2.45, 2.75) is 0 Å². The Kier molecular flexibility index (Phi) is 2.52. The Morgan fingerprint density at radius 3 is 2.95 bits per heavy atom. The molecule has 1 aromatic carbocycles. The minimum atomic E-state index is -1.19. The molecule has 1 N–H and O–H groups in total. The van der Waals surface area contributed by atoms with Gasteiger partial charge in [-0.15, -0.1) is 0 Å². The van der Waals surface area contributed by atoms with Crippen molar-refractivity contribution in [3.8, 4) is 28.5 Å². The van der Waals surface area contributed by atoms with E-state index in [0.29, 0.717) is 28.5 Å². The van der Waals surface area contributed by atoms with Crippen LogP contribution in [0.2, 0.25) is 0 Å². The smallest absolute Gasteiger partial charge is 0.374 e. The highest BCUT2D eigenvalue weighted by molar-refractivity contribution is 5.87. The molecule has 0 fully saturated rings. The lowest BCUT2D eigenvalue weighted by atomic mass is 10.1. The van der Waals surface area contributed by atoms with Crippen LogP contribution in [0.1, 0.15) is 10.6 Å². The number of aromatic nitrogens is 1. The quantitative estimate of drug-likeness (QED) is 0.902. The first-order valence-electron chi connectivity index (χ1n) is 5.37. The minimum absolute atomic E-state index is 0.0964. The van der Waals surface area contributed by atoms with E-state index in [9.17, 15) is 4.79 Å². The largest absolute Gasteiger partial charge is 0.496 e. The van der Waals surface area contributed by atoms with Crippen molar-refractivity contribution in [2.24, 2.45) is 0 Å². The van der Waals surface area contributed by atoms with E-state index in [1.807, 2.05) is 0 Å². The fourth-order valence-corrected chi connectivity index (χ4v) is 1.86. The fraction of sp³-hybridized carbons (Fsp3) is 0.167. The van der Waals surface area contributed by atoms with Crippen molar-refractivity contribution >= 4 is 5.97 Å². The summed E-state index contributed by atoms with van der Waals surface area (Å²) >= 11 is 0. The van der Waals surface area contributed by atoms with Crippen molar-refractivity contribution in [1.82, 2.24) is 5.16 Å². The van der Waals surface area contributed by atoms with Crippen LogP contribution in [0.4, 0.5) is 0 Å².